The summed E-state index contributed by atoms with van der Waals surface area (Å²) in [4.78, 5) is 41.1. The van der Waals surface area contributed by atoms with Crippen LogP contribution in [0.2, 0.25) is 0 Å². The summed E-state index contributed by atoms with van der Waals surface area (Å²) in [6.07, 6.45) is 1.44. The van der Waals surface area contributed by atoms with Crippen LogP contribution < -0.4 is 16.6 Å². The molecule has 0 fully saturated rings. The zero-order valence-corrected chi connectivity index (χ0v) is 14.6. The number of nitrogens with zero attached hydrogens (tertiary/aromatic N) is 4. The lowest BCUT2D eigenvalue weighted by Gasteiger charge is -2.10. The number of carbonyl (C=O) groups is 1. The van der Waals surface area contributed by atoms with E-state index in [-0.39, 0.29) is 23.5 Å². The van der Waals surface area contributed by atoms with Crippen molar-refractivity contribution in [2.45, 2.75) is 20.0 Å². The second kappa shape index (κ2) is 6.58. The molecule has 0 spiro atoms. The van der Waals surface area contributed by atoms with Crippen molar-refractivity contribution in [3.05, 3.63) is 62.3 Å². The molecule has 3 aromatic rings. The molecule has 1 amide bonds. The molecule has 2 heterocycles. The molecular formula is C17H18FN5O3. The van der Waals surface area contributed by atoms with Crippen molar-refractivity contribution < 1.29 is 9.18 Å². The number of hydrogen-bond acceptors (Lipinski definition) is 4. The summed E-state index contributed by atoms with van der Waals surface area (Å²) in [5.74, 6) is -0.813. The molecule has 0 aliphatic carbocycles. The van der Waals surface area contributed by atoms with E-state index in [4.69, 9.17) is 0 Å². The first-order valence-electron chi connectivity index (χ1n) is 7.92. The number of aromatic nitrogens is 4. The molecule has 0 saturated heterocycles. The molecule has 0 bridgehead atoms. The lowest BCUT2D eigenvalue weighted by atomic mass is 10.1. The van der Waals surface area contributed by atoms with E-state index in [1.807, 2.05) is 0 Å². The van der Waals surface area contributed by atoms with Crippen molar-refractivity contribution in [3.8, 4) is 0 Å². The molecule has 0 aliphatic heterocycles. The number of carbonyl (C=O) groups excluding carboxylic acids is 1. The number of aryl methyl sites for hydroxylation is 3. The van der Waals surface area contributed by atoms with Gasteiger partial charge < -0.3 is 9.88 Å². The molecule has 3 rings (SSSR count). The number of nitrogens with one attached hydrogen (secondary N) is 1. The lowest BCUT2D eigenvalue weighted by Crippen LogP contribution is -2.43. The predicted molar refractivity (Wildman–Crippen MR) is 93.2 cm³/mol. The third kappa shape index (κ3) is 3.03. The highest BCUT2D eigenvalue weighted by atomic mass is 19.1. The van der Waals surface area contributed by atoms with Gasteiger partial charge in [0, 0.05) is 20.6 Å². The van der Waals surface area contributed by atoms with Gasteiger partial charge in [-0.25, -0.2) is 18.7 Å². The molecule has 0 radical (unpaired) electrons. The number of hydrogen-bond donors (Lipinski definition) is 1. The van der Waals surface area contributed by atoms with E-state index in [1.165, 1.54) is 28.6 Å². The zero-order valence-electron chi connectivity index (χ0n) is 14.6. The Morgan fingerprint density at radius 2 is 2.00 bits per heavy atom. The van der Waals surface area contributed by atoms with Crippen LogP contribution in [0.4, 0.5) is 4.39 Å². The van der Waals surface area contributed by atoms with E-state index >= 15 is 0 Å². The fourth-order valence-electron chi connectivity index (χ4n) is 2.75. The molecule has 8 nitrogen and oxygen atoms in total. The fourth-order valence-corrected chi connectivity index (χ4v) is 2.75. The summed E-state index contributed by atoms with van der Waals surface area (Å²) >= 11 is 0. The SMILES string of the molecule is Cc1cc(CNC(=O)Cn2c(=O)c3c(ncn3C)n(C)c2=O)ccc1F. The number of imidazole rings is 1. The second-order valence-electron chi connectivity index (χ2n) is 6.12. The van der Waals surface area contributed by atoms with Crippen LogP contribution in [0.25, 0.3) is 11.2 Å². The lowest BCUT2D eigenvalue weighted by molar-refractivity contribution is -0.121. The van der Waals surface area contributed by atoms with Gasteiger partial charge in [0.25, 0.3) is 5.56 Å². The second-order valence-corrected chi connectivity index (χ2v) is 6.12. The molecule has 0 atom stereocenters. The third-order valence-electron chi connectivity index (χ3n) is 4.21. The molecule has 2 aromatic heterocycles. The average molecular weight is 359 g/mol. The zero-order chi connectivity index (χ0) is 19.0. The van der Waals surface area contributed by atoms with Crippen LogP contribution in [-0.2, 0) is 32.0 Å². The van der Waals surface area contributed by atoms with E-state index in [9.17, 15) is 18.8 Å². The molecule has 0 unspecified atom stereocenters. The highest BCUT2D eigenvalue weighted by Gasteiger charge is 2.16. The summed E-state index contributed by atoms with van der Waals surface area (Å²) in [5, 5.41) is 2.63. The van der Waals surface area contributed by atoms with E-state index < -0.39 is 23.7 Å². The van der Waals surface area contributed by atoms with Crippen molar-refractivity contribution in [1.82, 2.24) is 24.0 Å². The maximum absolute atomic E-state index is 13.3. The summed E-state index contributed by atoms with van der Waals surface area (Å²) in [6, 6.07) is 4.52. The first-order valence-corrected chi connectivity index (χ1v) is 7.92. The molecular weight excluding hydrogens is 341 g/mol. The van der Waals surface area contributed by atoms with Gasteiger partial charge in [-0.15, -0.1) is 0 Å². The van der Waals surface area contributed by atoms with Gasteiger partial charge in [-0.1, -0.05) is 12.1 Å². The van der Waals surface area contributed by atoms with Gasteiger partial charge in [-0.2, -0.15) is 0 Å². The predicted octanol–water partition coefficient (Wildman–Crippen LogP) is 0.198. The maximum Gasteiger partial charge on any atom is 0.332 e. The van der Waals surface area contributed by atoms with Gasteiger partial charge >= 0.3 is 5.69 Å². The Kier molecular flexibility index (Phi) is 4.45. The highest BCUT2D eigenvalue weighted by Crippen LogP contribution is 2.09. The van der Waals surface area contributed by atoms with Crippen LogP contribution in [0.3, 0.4) is 0 Å². The van der Waals surface area contributed by atoms with E-state index in [1.54, 1.807) is 26.1 Å². The van der Waals surface area contributed by atoms with Crippen molar-refractivity contribution in [2.24, 2.45) is 14.1 Å². The minimum atomic E-state index is -0.617. The van der Waals surface area contributed by atoms with Crippen LogP contribution in [0.5, 0.6) is 0 Å². The molecule has 1 aromatic carbocycles. The molecule has 136 valence electrons. The largest absolute Gasteiger partial charge is 0.350 e. The first-order chi connectivity index (χ1) is 12.3. The normalized spacial score (nSPS) is 11.1. The fraction of sp³-hybridized carbons (Fsp3) is 0.294. The van der Waals surface area contributed by atoms with Crippen molar-refractivity contribution >= 4 is 17.1 Å². The van der Waals surface area contributed by atoms with Crippen LogP contribution >= 0.6 is 0 Å². The van der Waals surface area contributed by atoms with Gasteiger partial charge in [0.15, 0.2) is 11.2 Å². The van der Waals surface area contributed by atoms with Gasteiger partial charge in [0.2, 0.25) is 5.91 Å². The number of rotatable bonds is 4. The van der Waals surface area contributed by atoms with Crippen molar-refractivity contribution in [1.29, 1.82) is 0 Å². The van der Waals surface area contributed by atoms with Crippen molar-refractivity contribution in [3.63, 3.8) is 0 Å². The average Bonchev–Trinajstić information content (AvgIpc) is 2.99. The first kappa shape index (κ1) is 17.6. The molecule has 0 saturated carbocycles. The number of halogens is 1. The molecule has 1 N–H and O–H groups in total. The van der Waals surface area contributed by atoms with E-state index in [0.717, 1.165) is 10.1 Å². The van der Waals surface area contributed by atoms with Crippen LogP contribution in [-0.4, -0.2) is 24.6 Å². The smallest absolute Gasteiger partial charge is 0.332 e. The molecule has 26 heavy (non-hydrogen) atoms. The Bertz CT molecular complexity index is 1130. The Labute approximate surface area is 147 Å². The monoisotopic (exact) mass is 359 g/mol. The number of benzene rings is 1. The van der Waals surface area contributed by atoms with Crippen LogP contribution in [0.1, 0.15) is 11.1 Å². The minimum absolute atomic E-state index is 0.170. The quantitative estimate of drug-likeness (QED) is 0.720. The van der Waals surface area contributed by atoms with Gasteiger partial charge in [-0.05, 0) is 24.1 Å². The topological polar surface area (TPSA) is 90.9 Å². The Balaban J connectivity index is 1.83. The third-order valence-corrected chi connectivity index (χ3v) is 4.21. The van der Waals surface area contributed by atoms with Crippen LogP contribution in [0.15, 0.2) is 34.1 Å². The summed E-state index contributed by atoms with van der Waals surface area (Å²) in [5.41, 5.74) is 0.517. The summed E-state index contributed by atoms with van der Waals surface area (Å²) < 4.78 is 16.9. The van der Waals surface area contributed by atoms with E-state index in [0.29, 0.717) is 5.56 Å². The minimum Gasteiger partial charge on any atom is -0.350 e. The van der Waals surface area contributed by atoms with Gasteiger partial charge in [-0.3, -0.25) is 14.2 Å². The Morgan fingerprint density at radius 1 is 1.27 bits per heavy atom. The molecule has 9 heteroatoms. The number of amides is 1. The van der Waals surface area contributed by atoms with Gasteiger partial charge in [0.05, 0.1) is 6.33 Å². The van der Waals surface area contributed by atoms with Crippen LogP contribution in [0, 0.1) is 12.7 Å². The molecule has 0 aliphatic rings. The standard InChI is InChI=1S/C17H18FN5O3/c1-10-6-11(4-5-12(10)18)7-19-13(24)8-23-16(25)14-15(20-9-21(14)2)22(3)17(23)26/h4-6,9H,7-8H2,1-3H3,(H,19,24). The van der Waals surface area contributed by atoms with E-state index in [2.05, 4.69) is 10.3 Å². The maximum atomic E-state index is 13.3. The Hall–Kier alpha value is -3.23. The summed E-state index contributed by atoms with van der Waals surface area (Å²) in [7, 11) is 3.13. The summed E-state index contributed by atoms with van der Waals surface area (Å²) in [6.45, 7) is 1.39. The van der Waals surface area contributed by atoms with Crippen molar-refractivity contribution in [2.75, 3.05) is 0 Å². The van der Waals surface area contributed by atoms with Gasteiger partial charge in [0.1, 0.15) is 12.4 Å². The highest BCUT2D eigenvalue weighted by molar-refractivity contribution is 5.76. The Morgan fingerprint density at radius 3 is 2.69 bits per heavy atom. The number of fused-ring (bicyclic) bond motifs is 1.